The van der Waals surface area contributed by atoms with Crippen LogP contribution in [0.25, 0.3) is 0 Å². The van der Waals surface area contributed by atoms with Gasteiger partial charge in [-0.15, -0.1) is 0 Å². The average Bonchev–Trinajstić information content (AvgIpc) is 2.54. The standard InChI is InChI=1S/C16H14N2O4/c19-15(20)14-9-17-8-11-10-18(7-6-13(11)14)16(21)22-12-4-2-1-3-5-12/h1-5,8-9H,6-7,10H2,(H,19,20). The van der Waals surface area contributed by atoms with Gasteiger partial charge >= 0.3 is 12.1 Å². The Morgan fingerprint density at radius 1 is 1.18 bits per heavy atom. The van der Waals surface area contributed by atoms with E-state index in [1.807, 2.05) is 6.07 Å². The van der Waals surface area contributed by atoms with E-state index in [2.05, 4.69) is 4.98 Å². The van der Waals surface area contributed by atoms with E-state index >= 15 is 0 Å². The van der Waals surface area contributed by atoms with Crippen molar-refractivity contribution in [3.8, 4) is 5.75 Å². The predicted octanol–water partition coefficient (Wildman–Crippen LogP) is 2.34. The van der Waals surface area contributed by atoms with Crippen molar-refractivity contribution in [2.75, 3.05) is 6.54 Å². The zero-order valence-electron chi connectivity index (χ0n) is 11.7. The third-order valence-electron chi connectivity index (χ3n) is 3.58. The molecule has 1 aromatic carbocycles. The second kappa shape index (κ2) is 5.85. The van der Waals surface area contributed by atoms with Crippen molar-refractivity contribution < 1.29 is 19.4 Å². The van der Waals surface area contributed by atoms with Crippen molar-refractivity contribution in [3.63, 3.8) is 0 Å². The molecule has 2 aromatic rings. The number of amides is 1. The number of rotatable bonds is 2. The van der Waals surface area contributed by atoms with Gasteiger partial charge in [-0.3, -0.25) is 4.98 Å². The molecule has 1 N–H and O–H groups in total. The number of carboxylic acid groups (broad SMARTS) is 1. The highest BCUT2D eigenvalue weighted by molar-refractivity contribution is 5.89. The molecule has 3 rings (SSSR count). The summed E-state index contributed by atoms with van der Waals surface area (Å²) in [6.45, 7) is 0.720. The first-order valence-electron chi connectivity index (χ1n) is 6.86. The summed E-state index contributed by atoms with van der Waals surface area (Å²) in [5.74, 6) is -0.514. The van der Waals surface area contributed by atoms with Crippen LogP contribution in [-0.4, -0.2) is 33.6 Å². The molecular formula is C16H14N2O4. The number of aromatic nitrogens is 1. The number of para-hydroxylation sites is 1. The van der Waals surface area contributed by atoms with Crippen LogP contribution in [0.2, 0.25) is 0 Å². The van der Waals surface area contributed by atoms with E-state index in [4.69, 9.17) is 9.84 Å². The maximum atomic E-state index is 12.2. The summed E-state index contributed by atoms with van der Waals surface area (Å²) < 4.78 is 5.30. The van der Waals surface area contributed by atoms with Crippen molar-refractivity contribution in [3.05, 3.63) is 59.4 Å². The Kier molecular flexibility index (Phi) is 3.74. The number of hydrogen-bond donors (Lipinski definition) is 1. The Balaban J connectivity index is 1.76. The number of pyridine rings is 1. The maximum absolute atomic E-state index is 12.2. The van der Waals surface area contributed by atoms with Gasteiger partial charge in [0.05, 0.1) is 12.1 Å². The van der Waals surface area contributed by atoms with Crippen LogP contribution in [0.3, 0.4) is 0 Å². The van der Waals surface area contributed by atoms with Gasteiger partial charge in [0, 0.05) is 18.9 Å². The topological polar surface area (TPSA) is 79.7 Å². The van der Waals surface area contributed by atoms with E-state index in [0.717, 1.165) is 11.1 Å². The molecule has 0 unspecified atom stereocenters. The SMILES string of the molecule is O=C(O)c1cncc2c1CCN(C(=O)Oc1ccccc1)C2. The normalized spacial score (nSPS) is 13.4. The fourth-order valence-electron chi connectivity index (χ4n) is 2.49. The summed E-state index contributed by atoms with van der Waals surface area (Å²) in [5.41, 5.74) is 1.69. The van der Waals surface area contributed by atoms with E-state index in [1.165, 1.54) is 6.20 Å². The Morgan fingerprint density at radius 3 is 2.68 bits per heavy atom. The van der Waals surface area contributed by atoms with Crippen LogP contribution in [-0.2, 0) is 13.0 Å². The first kappa shape index (κ1) is 14.1. The fraction of sp³-hybridized carbons (Fsp3) is 0.188. The number of fused-ring (bicyclic) bond motifs is 1. The molecule has 0 spiro atoms. The molecule has 1 aromatic heterocycles. The zero-order valence-corrected chi connectivity index (χ0v) is 11.7. The Hall–Kier alpha value is -2.89. The molecule has 2 heterocycles. The van der Waals surface area contributed by atoms with Crippen LogP contribution in [0.1, 0.15) is 21.5 Å². The number of ether oxygens (including phenoxy) is 1. The lowest BCUT2D eigenvalue weighted by Gasteiger charge is -2.28. The van der Waals surface area contributed by atoms with Crippen LogP contribution in [0.5, 0.6) is 5.75 Å². The van der Waals surface area contributed by atoms with Crippen LogP contribution < -0.4 is 4.74 Å². The quantitative estimate of drug-likeness (QED) is 0.920. The lowest BCUT2D eigenvalue weighted by molar-refractivity contribution is 0.0694. The number of carbonyl (C=O) groups excluding carboxylic acids is 1. The van der Waals surface area contributed by atoms with Crippen LogP contribution >= 0.6 is 0 Å². The van der Waals surface area contributed by atoms with Gasteiger partial charge in [0.1, 0.15) is 5.75 Å². The number of benzene rings is 1. The third kappa shape index (κ3) is 2.76. The van der Waals surface area contributed by atoms with Gasteiger partial charge in [0.15, 0.2) is 0 Å². The number of hydrogen-bond acceptors (Lipinski definition) is 4. The number of nitrogens with zero attached hydrogens (tertiary/aromatic N) is 2. The maximum Gasteiger partial charge on any atom is 0.415 e. The van der Waals surface area contributed by atoms with Crippen molar-refractivity contribution in [2.24, 2.45) is 0 Å². The smallest absolute Gasteiger partial charge is 0.415 e. The highest BCUT2D eigenvalue weighted by Gasteiger charge is 2.25. The molecule has 1 amide bonds. The summed E-state index contributed by atoms with van der Waals surface area (Å²) in [6, 6.07) is 8.84. The van der Waals surface area contributed by atoms with Crippen LogP contribution in [0.4, 0.5) is 4.79 Å². The first-order valence-corrected chi connectivity index (χ1v) is 6.86. The minimum Gasteiger partial charge on any atom is -0.478 e. The molecule has 0 bridgehead atoms. The molecule has 0 saturated carbocycles. The first-order chi connectivity index (χ1) is 10.6. The largest absolute Gasteiger partial charge is 0.478 e. The molecule has 0 fully saturated rings. The van der Waals surface area contributed by atoms with Crippen molar-refractivity contribution in [1.29, 1.82) is 0 Å². The molecule has 22 heavy (non-hydrogen) atoms. The molecular weight excluding hydrogens is 284 g/mol. The Labute approximate surface area is 127 Å². The van der Waals surface area contributed by atoms with Crippen LogP contribution in [0.15, 0.2) is 42.7 Å². The molecule has 0 radical (unpaired) electrons. The van der Waals surface area contributed by atoms with Crippen molar-refractivity contribution in [1.82, 2.24) is 9.88 Å². The second-order valence-electron chi connectivity index (χ2n) is 4.98. The monoisotopic (exact) mass is 298 g/mol. The fourth-order valence-corrected chi connectivity index (χ4v) is 2.49. The van der Waals surface area contributed by atoms with E-state index in [9.17, 15) is 9.59 Å². The summed E-state index contributed by atoms with van der Waals surface area (Å²) >= 11 is 0. The van der Waals surface area contributed by atoms with Gasteiger partial charge < -0.3 is 14.7 Å². The highest BCUT2D eigenvalue weighted by Crippen LogP contribution is 2.22. The second-order valence-corrected chi connectivity index (χ2v) is 4.98. The Morgan fingerprint density at radius 2 is 1.95 bits per heavy atom. The van der Waals surface area contributed by atoms with Gasteiger partial charge in [-0.2, -0.15) is 0 Å². The lowest BCUT2D eigenvalue weighted by Crippen LogP contribution is -2.38. The number of carboxylic acids is 1. The minimum absolute atomic E-state index is 0.202. The number of aromatic carboxylic acids is 1. The number of carbonyl (C=O) groups is 2. The third-order valence-corrected chi connectivity index (χ3v) is 3.58. The minimum atomic E-state index is -0.996. The molecule has 6 heteroatoms. The molecule has 0 saturated heterocycles. The molecule has 112 valence electrons. The van der Waals surface area contributed by atoms with Crippen LogP contribution in [0, 0.1) is 0 Å². The molecule has 1 aliphatic heterocycles. The summed E-state index contributed by atoms with van der Waals surface area (Å²) in [5, 5.41) is 9.17. The van der Waals surface area contributed by atoms with Crippen molar-refractivity contribution in [2.45, 2.75) is 13.0 Å². The van der Waals surface area contributed by atoms with E-state index in [1.54, 1.807) is 35.4 Å². The molecule has 0 atom stereocenters. The van der Waals surface area contributed by atoms with Gasteiger partial charge in [-0.05, 0) is 29.7 Å². The predicted molar refractivity (Wildman–Crippen MR) is 77.8 cm³/mol. The zero-order chi connectivity index (χ0) is 15.5. The van der Waals surface area contributed by atoms with E-state index < -0.39 is 12.1 Å². The summed E-state index contributed by atoms with van der Waals surface area (Å²) in [6.07, 6.45) is 2.98. The highest BCUT2D eigenvalue weighted by atomic mass is 16.6. The van der Waals surface area contributed by atoms with Gasteiger partial charge in [0.2, 0.25) is 0 Å². The Bertz CT molecular complexity index is 715. The van der Waals surface area contributed by atoms with E-state index in [0.29, 0.717) is 25.3 Å². The van der Waals surface area contributed by atoms with Crippen molar-refractivity contribution >= 4 is 12.1 Å². The van der Waals surface area contributed by atoms with E-state index in [-0.39, 0.29) is 5.56 Å². The van der Waals surface area contributed by atoms with Gasteiger partial charge in [-0.1, -0.05) is 18.2 Å². The molecule has 0 aliphatic carbocycles. The summed E-state index contributed by atoms with van der Waals surface area (Å²) in [7, 11) is 0. The van der Waals surface area contributed by atoms with Gasteiger partial charge in [-0.25, -0.2) is 9.59 Å². The molecule has 6 nitrogen and oxygen atoms in total. The van der Waals surface area contributed by atoms with Gasteiger partial charge in [0.25, 0.3) is 0 Å². The summed E-state index contributed by atoms with van der Waals surface area (Å²) in [4.78, 5) is 28.8. The average molecular weight is 298 g/mol. The molecule has 1 aliphatic rings. The lowest BCUT2D eigenvalue weighted by atomic mass is 9.97.